The van der Waals surface area contributed by atoms with Crippen LogP contribution >= 0.6 is 11.3 Å². The van der Waals surface area contributed by atoms with Crippen LogP contribution in [0.1, 0.15) is 47.6 Å². The first-order valence-electron chi connectivity index (χ1n) is 11.5. The fourth-order valence-electron chi connectivity index (χ4n) is 4.10. The molecule has 4 rings (SSSR count). The summed E-state index contributed by atoms with van der Waals surface area (Å²) in [6.45, 7) is 6.42. The van der Waals surface area contributed by atoms with Gasteiger partial charge in [-0.3, -0.25) is 9.59 Å². The Morgan fingerprint density at radius 3 is 2.34 bits per heavy atom. The van der Waals surface area contributed by atoms with E-state index in [-0.39, 0.29) is 18.0 Å². The van der Waals surface area contributed by atoms with Gasteiger partial charge in [-0.05, 0) is 62.5 Å². The van der Waals surface area contributed by atoms with E-state index >= 15 is 0 Å². The van der Waals surface area contributed by atoms with Crippen molar-refractivity contribution in [2.75, 3.05) is 31.7 Å². The number of anilines is 1. The lowest BCUT2D eigenvalue weighted by Crippen LogP contribution is -2.38. The van der Waals surface area contributed by atoms with E-state index in [0.29, 0.717) is 48.3 Å². The van der Waals surface area contributed by atoms with E-state index in [1.165, 1.54) is 34.4 Å². The van der Waals surface area contributed by atoms with E-state index < -0.39 is 17.8 Å². The van der Waals surface area contributed by atoms with E-state index in [4.69, 9.17) is 14.2 Å². The normalized spacial score (nSPS) is 15.1. The third-order valence-corrected chi connectivity index (χ3v) is 6.36. The maximum Gasteiger partial charge on any atom is 0.255 e. The molecule has 2 heterocycles. The van der Waals surface area contributed by atoms with Crippen molar-refractivity contribution in [2.24, 2.45) is 0 Å². The Balaban J connectivity index is 1.85. The Morgan fingerprint density at radius 2 is 1.74 bits per heavy atom. The van der Waals surface area contributed by atoms with Gasteiger partial charge in [-0.15, -0.1) is 11.3 Å². The predicted molar refractivity (Wildman–Crippen MR) is 132 cm³/mol. The summed E-state index contributed by atoms with van der Waals surface area (Å²) in [6.07, 6.45) is 0. The number of hydrogen-bond acceptors (Lipinski definition) is 6. The first kappa shape index (κ1) is 24.5. The van der Waals surface area contributed by atoms with Crippen LogP contribution in [0.15, 0.2) is 47.8 Å². The van der Waals surface area contributed by atoms with Crippen LogP contribution in [0.5, 0.6) is 17.2 Å². The number of nitrogens with zero attached hydrogens (tertiary/aromatic N) is 1. The smallest absolute Gasteiger partial charge is 0.255 e. The van der Waals surface area contributed by atoms with Gasteiger partial charge in [-0.2, -0.15) is 0 Å². The van der Waals surface area contributed by atoms with Crippen molar-refractivity contribution >= 4 is 28.8 Å². The van der Waals surface area contributed by atoms with E-state index in [2.05, 4.69) is 5.32 Å². The van der Waals surface area contributed by atoms with Gasteiger partial charge < -0.3 is 24.4 Å². The second-order valence-electron chi connectivity index (χ2n) is 7.73. The second-order valence-corrected chi connectivity index (χ2v) is 8.71. The van der Waals surface area contributed by atoms with Crippen molar-refractivity contribution in [3.05, 3.63) is 69.7 Å². The highest BCUT2D eigenvalue weighted by atomic mass is 32.1. The number of hydrogen-bond donors (Lipinski definition) is 1. The number of nitrogens with one attached hydrogen (secondary N) is 1. The van der Waals surface area contributed by atoms with Crippen molar-refractivity contribution in [3.8, 4) is 17.2 Å². The standard InChI is InChI=1S/C26H27FN2O5S/c1-4-32-20-12-16(13-21(33-5-2)25(20)34-6-3)26(31)29-15-23(30)28-19-10-9-17(27)14-18(19)24(29)22-8-7-11-35-22/h7-14,24H,4-6,15H2,1-3H3,(H,28,30). The quantitative estimate of drug-likeness (QED) is 0.458. The number of thiophene rings is 1. The Morgan fingerprint density at radius 1 is 1.06 bits per heavy atom. The molecular weight excluding hydrogens is 471 g/mol. The van der Waals surface area contributed by atoms with Crippen molar-refractivity contribution in [1.29, 1.82) is 0 Å². The maximum atomic E-state index is 14.3. The Hall–Kier alpha value is -3.59. The summed E-state index contributed by atoms with van der Waals surface area (Å²) < 4.78 is 31.6. The molecule has 2 aromatic carbocycles. The zero-order chi connectivity index (χ0) is 24.9. The molecule has 0 saturated heterocycles. The molecule has 3 aromatic rings. The van der Waals surface area contributed by atoms with Crippen molar-refractivity contribution in [1.82, 2.24) is 4.90 Å². The molecule has 0 spiro atoms. The monoisotopic (exact) mass is 498 g/mol. The summed E-state index contributed by atoms with van der Waals surface area (Å²) in [5.74, 6) is -0.0632. The molecule has 1 aromatic heterocycles. The molecule has 0 fully saturated rings. The van der Waals surface area contributed by atoms with Crippen LogP contribution in [0, 0.1) is 5.82 Å². The Labute approximate surface area is 207 Å². The molecule has 9 heteroatoms. The highest BCUT2D eigenvalue weighted by Crippen LogP contribution is 2.42. The number of fused-ring (bicyclic) bond motifs is 1. The van der Waals surface area contributed by atoms with Crippen LogP contribution in [0.3, 0.4) is 0 Å². The molecule has 1 atom stereocenters. The zero-order valence-electron chi connectivity index (χ0n) is 19.8. The third kappa shape index (κ3) is 5.09. The van der Waals surface area contributed by atoms with E-state index in [1.807, 2.05) is 38.3 Å². The van der Waals surface area contributed by atoms with Gasteiger partial charge in [-0.25, -0.2) is 4.39 Å². The lowest BCUT2D eigenvalue weighted by Gasteiger charge is -2.30. The number of carbonyl (C=O) groups excluding carboxylic acids is 2. The molecule has 1 aliphatic rings. The molecule has 0 saturated carbocycles. The second kappa shape index (κ2) is 10.8. The highest BCUT2D eigenvalue weighted by Gasteiger charge is 2.35. The fourth-order valence-corrected chi connectivity index (χ4v) is 4.95. The van der Waals surface area contributed by atoms with E-state index in [1.54, 1.807) is 12.1 Å². The van der Waals surface area contributed by atoms with Crippen LogP contribution in [0.25, 0.3) is 0 Å². The van der Waals surface area contributed by atoms with Crippen LogP contribution < -0.4 is 19.5 Å². The topological polar surface area (TPSA) is 77.1 Å². The largest absolute Gasteiger partial charge is 0.490 e. The van der Waals surface area contributed by atoms with Crippen molar-refractivity contribution < 1.29 is 28.2 Å². The molecule has 184 valence electrons. The zero-order valence-corrected chi connectivity index (χ0v) is 20.6. The number of carbonyl (C=O) groups is 2. The molecule has 1 N–H and O–H groups in total. The van der Waals surface area contributed by atoms with E-state index in [0.717, 1.165) is 4.88 Å². The molecule has 2 amide bonds. The number of amides is 2. The van der Waals surface area contributed by atoms with Gasteiger partial charge >= 0.3 is 0 Å². The summed E-state index contributed by atoms with van der Waals surface area (Å²) in [6, 6.07) is 10.4. The molecule has 0 bridgehead atoms. The molecule has 0 aliphatic carbocycles. The van der Waals surface area contributed by atoms with Gasteiger partial charge in [0, 0.05) is 21.7 Å². The van der Waals surface area contributed by atoms with Gasteiger partial charge in [0.2, 0.25) is 11.7 Å². The first-order chi connectivity index (χ1) is 17.0. The lowest BCUT2D eigenvalue weighted by atomic mass is 10.0. The molecule has 1 unspecified atom stereocenters. The SMILES string of the molecule is CCOc1cc(C(=O)N2CC(=O)Nc3ccc(F)cc3C2c2cccs2)cc(OCC)c1OCC. The third-order valence-electron chi connectivity index (χ3n) is 5.44. The average Bonchev–Trinajstić information content (AvgIpc) is 3.31. The number of benzene rings is 2. The minimum Gasteiger partial charge on any atom is -0.490 e. The minimum atomic E-state index is -0.662. The summed E-state index contributed by atoms with van der Waals surface area (Å²) in [4.78, 5) is 29.1. The van der Waals surface area contributed by atoms with Crippen LogP contribution in [0.2, 0.25) is 0 Å². The van der Waals surface area contributed by atoms with Gasteiger partial charge in [0.1, 0.15) is 12.4 Å². The Kier molecular flexibility index (Phi) is 7.55. The molecule has 0 radical (unpaired) electrons. The average molecular weight is 499 g/mol. The van der Waals surface area contributed by atoms with Gasteiger partial charge in [-0.1, -0.05) is 6.07 Å². The highest BCUT2D eigenvalue weighted by molar-refractivity contribution is 7.10. The van der Waals surface area contributed by atoms with E-state index in [9.17, 15) is 14.0 Å². The van der Waals surface area contributed by atoms with Gasteiger partial charge in [0.15, 0.2) is 11.5 Å². The number of halogens is 1. The lowest BCUT2D eigenvalue weighted by molar-refractivity contribution is -0.117. The molecule has 1 aliphatic heterocycles. The van der Waals surface area contributed by atoms with Crippen LogP contribution in [0.4, 0.5) is 10.1 Å². The summed E-state index contributed by atoms with van der Waals surface area (Å²) in [5, 5.41) is 4.69. The molecule has 35 heavy (non-hydrogen) atoms. The summed E-state index contributed by atoms with van der Waals surface area (Å²) in [5.41, 5.74) is 1.25. The molecule has 7 nitrogen and oxygen atoms in total. The number of rotatable bonds is 8. The summed E-state index contributed by atoms with van der Waals surface area (Å²) in [7, 11) is 0. The van der Waals surface area contributed by atoms with Gasteiger partial charge in [0.05, 0.1) is 25.9 Å². The number of ether oxygens (including phenoxy) is 3. The van der Waals surface area contributed by atoms with Crippen LogP contribution in [-0.2, 0) is 4.79 Å². The minimum absolute atomic E-state index is 0.209. The molecular formula is C26H27FN2O5S. The van der Waals surface area contributed by atoms with Gasteiger partial charge in [0.25, 0.3) is 5.91 Å². The van der Waals surface area contributed by atoms with Crippen molar-refractivity contribution in [2.45, 2.75) is 26.8 Å². The fraction of sp³-hybridized carbons (Fsp3) is 0.308. The maximum absolute atomic E-state index is 14.3. The van der Waals surface area contributed by atoms with Crippen LogP contribution in [-0.4, -0.2) is 43.1 Å². The van der Waals surface area contributed by atoms with Crippen molar-refractivity contribution in [3.63, 3.8) is 0 Å². The first-order valence-corrected chi connectivity index (χ1v) is 12.3. The predicted octanol–water partition coefficient (Wildman–Crippen LogP) is 5.27. The Bertz CT molecular complexity index is 1190. The summed E-state index contributed by atoms with van der Waals surface area (Å²) >= 11 is 1.43.